The van der Waals surface area contributed by atoms with E-state index in [2.05, 4.69) is 11.4 Å². The third-order valence-corrected chi connectivity index (χ3v) is 3.72. The van der Waals surface area contributed by atoms with Gasteiger partial charge in [0.1, 0.15) is 11.3 Å². The van der Waals surface area contributed by atoms with Gasteiger partial charge in [-0.05, 0) is 24.5 Å². The second kappa shape index (κ2) is 5.31. The first-order chi connectivity index (χ1) is 9.14. The number of fused-ring (bicyclic) bond motifs is 1. The highest BCUT2D eigenvalue weighted by Gasteiger charge is 2.34. The summed E-state index contributed by atoms with van der Waals surface area (Å²) in [6.07, 6.45) is 1.22. The molecule has 1 heterocycles. The van der Waals surface area contributed by atoms with Crippen LogP contribution in [0, 0.1) is 11.3 Å². The molecule has 0 aromatic heterocycles. The minimum absolute atomic E-state index is 0.207. The van der Waals surface area contributed by atoms with Gasteiger partial charge < -0.3 is 10.1 Å². The number of amides is 1. The van der Waals surface area contributed by atoms with Gasteiger partial charge in [-0.3, -0.25) is 4.79 Å². The maximum atomic E-state index is 12.2. The zero-order valence-corrected chi connectivity index (χ0v) is 11.3. The highest BCUT2D eigenvalue weighted by atomic mass is 16.5. The van der Waals surface area contributed by atoms with E-state index in [0.29, 0.717) is 19.3 Å². The molecular formula is C15H18N2O2. The fourth-order valence-electron chi connectivity index (χ4n) is 2.26. The second-order valence-corrected chi connectivity index (χ2v) is 4.81. The lowest BCUT2D eigenvalue weighted by Gasteiger charge is -2.26. The molecule has 0 saturated heterocycles. The van der Waals surface area contributed by atoms with Crippen LogP contribution in [0.15, 0.2) is 24.3 Å². The van der Waals surface area contributed by atoms with Gasteiger partial charge in [-0.25, -0.2) is 0 Å². The van der Waals surface area contributed by atoms with Gasteiger partial charge in [0.15, 0.2) is 6.10 Å². The van der Waals surface area contributed by atoms with E-state index < -0.39 is 11.6 Å². The number of benzene rings is 1. The Kier molecular flexibility index (Phi) is 3.75. The third kappa shape index (κ3) is 2.55. The van der Waals surface area contributed by atoms with Crippen LogP contribution in [0.4, 0.5) is 0 Å². The summed E-state index contributed by atoms with van der Waals surface area (Å²) in [6, 6.07) is 9.84. The minimum atomic E-state index is -0.783. The molecule has 0 aliphatic carbocycles. The summed E-state index contributed by atoms with van der Waals surface area (Å²) in [5.74, 6) is 0.555. The van der Waals surface area contributed by atoms with Crippen molar-refractivity contribution in [3.8, 4) is 11.8 Å². The smallest absolute Gasteiger partial charge is 0.262 e. The molecule has 1 unspecified atom stereocenters. The predicted octanol–water partition coefficient (Wildman–Crippen LogP) is 2.19. The van der Waals surface area contributed by atoms with Crippen LogP contribution in [0.2, 0.25) is 0 Å². The van der Waals surface area contributed by atoms with E-state index in [1.54, 1.807) is 0 Å². The molecule has 2 rings (SSSR count). The summed E-state index contributed by atoms with van der Waals surface area (Å²) in [6.45, 7) is 3.80. The van der Waals surface area contributed by atoms with Crippen LogP contribution < -0.4 is 10.1 Å². The molecule has 0 bridgehead atoms. The first-order valence-electron chi connectivity index (χ1n) is 6.62. The number of para-hydroxylation sites is 1. The molecule has 1 atom stereocenters. The zero-order chi connectivity index (χ0) is 13.9. The summed E-state index contributed by atoms with van der Waals surface area (Å²) >= 11 is 0. The van der Waals surface area contributed by atoms with Crippen molar-refractivity contribution < 1.29 is 9.53 Å². The maximum Gasteiger partial charge on any atom is 0.262 e. The van der Waals surface area contributed by atoms with Crippen LogP contribution >= 0.6 is 0 Å². The van der Waals surface area contributed by atoms with Crippen molar-refractivity contribution in [3.05, 3.63) is 29.8 Å². The zero-order valence-electron chi connectivity index (χ0n) is 11.3. The topological polar surface area (TPSA) is 62.1 Å². The quantitative estimate of drug-likeness (QED) is 0.900. The molecule has 1 aromatic carbocycles. The van der Waals surface area contributed by atoms with Gasteiger partial charge in [0, 0.05) is 6.42 Å². The summed E-state index contributed by atoms with van der Waals surface area (Å²) in [7, 11) is 0. The SMILES string of the molecule is CCC(C#N)(CC)NC(=O)C1Cc2ccccc2O1. The van der Waals surface area contributed by atoms with E-state index in [1.807, 2.05) is 38.1 Å². The average molecular weight is 258 g/mol. The van der Waals surface area contributed by atoms with Gasteiger partial charge >= 0.3 is 0 Å². The molecule has 0 spiro atoms. The van der Waals surface area contributed by atoms with Crippen LogP contribution in [0.3, 0.4) is 0 Å². The minimum Gasteiger partial charge on any atom is -0.480 e. The van der Waals surface area contributed by atoms with E-state index in [0.717, 1.165) is 11.3 Å². The lowest BCUT2D eigenvalue weighted by molar-refractivity contribution is -0.128. The average Bonchev–Trinajstić information content (AvgIpc) is 2.89. The van der Waals surface area contributed by atoms with Gasteiger partial charge in [0.05, 0.1) is 6.07 Å². The summed E-state index contributed by atoms with van der Waals surface area (Å²) < 4.78 is 5.63. The summed E-state index contributed by atoms with van der Waals surface area (Å²) in [5, 5.41) is 12.1. The standard InChI is InChI=1S/C15H18N2O2/c1-3-15(4-2,10-16)17-14(18)13-9-11-7-5-6-8-12(11)19-13/h5-8,13H,3-4,9H2,1-2H3,(H,17,18). The van der Waals surface area contributed by atoms with Crippen molar-refractivity contribution in [3.63, 3.8) is 0 Å². The Morgan fingerprint density at radius 2 is 2.16 bits per heavy atom. The molecule has 1 aromatic rings. The first kappa shape index (κ1) is 13.4. The molecule has 1 N–H and O–H groups in total. The molecule has 0 fully saturated rings. The molecule has 4 nitrogen and oxygen atoms in total. The van der Waals surface area contributed by atoms with E-state index in [9.17, 15) is 10.1 Å². The van der Waals surface area contributed by atoms with Crippen molar-refractivity contribution in [2.24, 2.45) is 0 Å². The number of hydrogen-bond acceptors (Lipinski definition) is 3. The van der Waals surface area contributed by atoms with Gasteiger partial charge in [0.2, 0.25) is 0 Å². The summed E-state index contributed by atoms with van der Waals surface area (Å²) in [4.78, 5) is 12.2. The maximum absolute atomic E-state index is 12.2. The Morgan fingerprint density at radius 1 is 1.47 bits per heavy atom. The Labute approximate surface area is 113 Å². The van der Waals surface area contributed by atoms with Gasteiger partial charge in [-0.15, -0.1) is 0 Å². The van der Waals surface area contributed by atoms with Crippen molar-refractivity contribution in [2.45, 2.75) is 44.8 Å². The van der Waals surface area contributed by atoms with Crippen LogP contribution in [0.25, 0.3) is 0 Å². The molecular weight excluding hydrogens is 240 g/mol. The number of ether oxygens (including phenoxy) is 1. The second-order valence-electron chi connectivity index (χ2n) is 4.81. The lowest BCUT2D eigenvalue weighted by atomic mass is 9.94. The van der Waals surface area contributed by atoms with Crippen LogP contribution in [-0.4, -0.2) is 17.6 Å². The Hall–Kier alpha value is -2.02. The Balaban J connectivity index is 2.06. The molecule has 19 heavy (non-hydrogen) atoms. The molecule has 1 aliphatic heterocycles. The van der Waals surface area contributed by atoms with E-state index in [1.165, 1.54) is 0 Å². The highest BCUT2D eigenvalue weighted by molar-refractivity contribution is 5.83. The predicted molar refractivity (Wildman–Crippen MR) is 71.6 cm³/mol. The fraction of sp³-hybridized carbons (Fsp3) is 0.467. The normalized spacial score (nSPS) is 17.2. The molecule has 0 saturated carbocycles. The van der Waals surface area contributed by atoms with Crippen molar-refractivity contribution in [1.29, 1.82) is 5.26 Å². The van der Waals surface area contributed by atoms with Crippen LogP contribution in [-0.2, 0) is 11.2 Å². The number of nitrogens with zero attached hydrogens (tertiary/aromatic N) is 1. The van der Waals surface area contributed by atoms with Gasteiger partial charge in [-0.1, -0.05) is 32.0 Å². The van der Waals surface area contributed by atoms with E-state index >= 15 is 0 Å². The highest BCUT2D eigenvalue weighted by Crippen LogP contribution is 2.28. The number of nitrogens with one attached hydrogen (secondary N) is 1. The van der Waals surface area contributed by atoms with Gasteiger partial charge in [-0.2, -0.15) is 5.26 Å². The van der Waals surface area contributed by atoms with Crippen molar-refractivity contribution >= 4 is 5.91 Å². The van der Waals surface area contributed by atoms with Crippen LogP contribution in [0.5, 0.6) is 5.75 Å². The molecule has 1 aliphatic rings. The van der Waals surface area contributed by atoms with E-state index in [-0.39, 0.29) is 5.91 Å². The molecule has 0 radical (unpaired) electrons. The van der Waals surface area contributed by atoms with Gasteiger partial charge in [0.25, 0.3) is 5.91 Å². The Morgan fingerprint density at radius 3 is 2.74 bits per heavy atom. The number of rotatable bonds is 4. The largest absolute Gasteiger partial charge is 0.480 e. The number of nitriles is 1. The fourth-order valence-corrected chi connectivity index (χ4v) is 2.26. The number of hydrogen-bond donors (Lipinski definition) is 1. The van der Waals surface area contributed by atoms with E-state index in [4.69, 9.17) is 4.74 Å². The molecule has 1 amide bonds. The number of carbonyl (C=O) groups excluding carboxylic acids is 1. The third-order valence-electron chi connectivity index (χ3n) is 3.72. The molecule has 100 valence electrons. The monoisotopic (exact) mass is 258 g/mol. The van der Waals surface area contributed by atoms with Crippen molar-refractivity contribution in [2.75, 3.05) is 0 Å². The summed E-state index contributed by atoms with van der Waals surface area (Å²) in [5.41, 5.74) is 0.257. The lowest BCUT2D eigenvalue weighted by Crippen LogP contribution is -2.51. The number of carbonyl (C=O) groups is 1. The molecule has 4 heteroatoms. The first-order valence-corrected chi connectivity index (χ1v) is 6.62. The van der Waals surface area contributed by atoms with Crippen LogP contribution in [0.1, 0.15) is 32.3 Å². The Bertz CT molecular complexity index is 490. The van der Waals surface area contributed by atoms with Crippen molar-refractivity contribution in [1.82, 2.24) is 5.32 Å².